The minimum absolute atomic E-state index is 0.524. The number of benzene rings is 2. The lowest BCUT2D eigenvalue weighted by molar-refractivity contribution is 0.304. The highest BCUT2D eigenvalue weighted by Crippen LogP contribution is 2.20. The van der Waals surface area contributed by atoms with Gasteiger partial charge in [-0.05, 0) is 48.7 Å². The smallest absolute Gasteiger partial charge is 0.122 e. The van der Waals surface area contributed by atoms with Crippen LogP contribution in [0.1, 0.15) is 22.3 Å². The van der Waals surface area contributed by atoms with Gasteiger partial charge in [-0.3, -0.25) is 0 Å². The summed E-state index contributed by atoms with van der Waals surface area (Å²) in [5.41, 5.74) is 4.06. The first-order valence-corrected chi connectivity index (χ1v) is 5.88. The minimum atomic E-state index is 0.524. The first-order valence-electron chi connectivity index (χ1n) is 5.88. The molecule has 0 heterocycles. The fourth-order valence-electron chi connectivity index (χ4n) is 1.70. The summed E-state index contributed by atoms with van der Waals surface area (Å²) in [6.07, 6.45) is 0. The third-order valence-electron chi connectivity index (χ3n) is 2.82. The molecule has 0 aliphatic heterocycles. The topological polar surface area (TPSA) is 33.0 Å². The predicted octanol–water partition coefficient (Wildman–Crippen LogP) is 3.75. The van der Waals surface area contributed by atoms with Crippen LogP contribution in [0.25, 0.3) is 0 Å². The number of nitriles is 1. The summed E-state index contributed by atoms with van der Waals surface area (Å²) in [7, 11) is 0. The summed E-state index contributed by atoms with van der Waals surface area (Å²) in [6.45, 7) is 4.61. The second-order valence-electron chi connectivity index (χ2n) is 4.37. The lowest BCUT2D eigenvalue weighted by Gasteiger charge is -2.10. The first kappa shape index (κ1) is 12.2. The highest BCUT2D eigenvalue weighted by Gasteiger charge is 2.01. The Bertz CT molecular complexity index is 579. The molecule has 0 N–H and O–H groups in total. The van der Waals surface area contributed by atoms with Gasteiger partial charge in [0.2, 0.25) is 0 Å². The lowest BCUT2D eigenvalue weighted by Crippen LogP contribution is -1.97. The summed E-state index contributed by atoms with van der Waals surface area (Å²) in [5, 5.41) is 8.72. The molecule has 0 atom stereocenters. The molecule has 0 spiro atoms. The summed E-state index contributed by atoms with van der Waals surface area (Å²) in [6, 6.07) is 15.7. The van der Waals surface area contributed by atoms with E-state index < -0.39 is 0 Å². The average molecular weight is 237 g/mol. The maximum absolute atomic E-state index is 8.72. The molecule has 90 valence electrons. The van der Waals surface area contributed by atoms with Crippen LogP contribution in [0.15, 0.2) is 42.5 Å². The normalized spacial score (nSPS) is 9.83. The van der Waals surface area contributed by atoms with Crippen molar-refractivity contribution in [2.24, 2.45) is 0 Å². The van der Waals surface area contributed by atoms with Gasteiger partial charge >= 0.3 is 0 Å². The van der Waals surface area contributed by atoms with Crippen molar-refractivity contribution in [3.63, 3.8) is 0 Å². The zero-order valence-corrected chi connectivity index (χ0v) is 10.6. The molecule has 18 heavy (non-hydrogen) atoms. The molecule has 2 aromatic carbocycles. The molecule has 2 aromatic rings. The van der Waals surface area contributed by atoms with Gasteiger partial charge in [0.15, 0.2) is 0 Å². The third kappa shape index (κ3) is 2.89. The van der Waals surface area contributed by atoms with Crippen LogP contribution < -0.4 is 4.74 Å². The van der Waals surface area contributed by atoms with Gasteiger partial charge in [-0.1, -0.05) is 24.3 Å². The van der Waals surface area contributed by atoms with Gasteiger partial charge in [0.1, 0.15) is 12.4 Å². The highest BCUT2D eigenvalue weighted by atomic mass is 16.5. The molecule has 2 heteroatoms. The molecule has 0 saturated heterocycles. The van der Waals surface area contributed by atoms with E-state index >= 15 is 0 Å². The molecule has 0 aromatic heterocycles. The lowest BCUT2D eigenvalue weighted by atomic mass is 10.1. The van der Waals surface area contributed by atoms with Crippen molar-refractivity contribution in [2.75, 3.05) is 0 Å². The quantitative estimate of drug-likeness (QED) is 0.814. The largest absolute Gasteiger partial charge is 0.489 e. The van der Waals surface area contributed by atoms with Crippen molar-refractivity contribution in [3.05, 3.63) is 64.7 Å². The minimum Gasteiger partial charge on any atom is -0.489 e. The fourth-order valence-corrected chi connectivity index (χ4v) is 1.70. The highest BCUT2D eigenvalue weighted by molar-refractivity contribution is 5.36. The van der Waals surface area contributed by atoms with Crippen LogP contribution in [-0.2, 0) is 6.61 Å². The number of aryl methyl sites for hydroxylation is 2. The van der Waals surface area contributed by atoms with Gasteiger partial charge < -0.3 is 4.74 Å². The molecule has 0 aliphatic rings. The monoisotopic (exact) mass is 237 g/mol. The van der Waals surface area contributed by atoms with Gasteiger partial charge in [0, 0.05) is 0 Å². The summed E-state index contributed by atoms with van der Waals surface area (Å²) >= 11 is 0. The first-order chi connectivity index (χ1) is 8.69. The zero-order valence-electron chi connectivity index (χ0n) is 10.6. The van der Waals surface area contributed by atoms with Crippen LogP contribution in [0.4, 0.5) is 0 Å². The number of hydrogen-bond donors (Lipinski definition) is 0. The Morgan fingerprint density at radius 2 is 1.78 bits per heavy atom. The molecular formula is C16H15NO. The van der Waals surface area contributed by atoms with Crippen molar-refractivity contribution in [1.29, 1.82) is 5.26 Å². The Kier molecular flexibility index (Phi) is 3.64. The van der Waals surface area contributed by atoms with E-state index in [2.05, 4.69) is 18.2 Å². The Morgan fingerprint density at radius 3 is 2.44 bits per heavy atom. The molecule has 2 rings (SSSR count). The Balaban J connectivity index is 2.07. The van der Waals surface area contributed by atoms with E-state index in [1.807, 2.05) is 44.2 Å². The molecule has 0 aliphatic carbocycles. The standard InChI is InChI=1S/C16H15NO/c1-12-3-4-13(2)16(9-12)18-11-15-7-5-14(10-17)6-8-15/h3-9H,11H2,1-2H3. The number of ether oxygens (including phenoxy) is 1. The van der Waals surface area contributed by atoms with Crippen molar-refractivity contribution in [3.8, 4) is 11.8 Å². The number of hydrogen-bond acceptors (Lipinski definition) is 2. The molecule has 2 nitrogen and oxygen atoms in total. The molecule has 0 amide bonds. The Morgan fingerprint density at radius 1 is 1.06 bits per heavy atom. The molecule has 0 saturated carbocycles. The van der Waals surface area contributed by atoms with Crippen LogP contribution in [-0.4, -0.2) is 0 Å². The summed E-state index contributed by atoms with van der Waals surface area (Å²) < 4.78 is 5.79. The molecule has 0 unspecified atom stereocenters. The Labute approximate surface area is 107 Å². The van der Waals surface area contributed by atoms with E-state index in [9.17, 15) is 0 Å². The third-order valence-corrected chi connectivity index (χ3v) is 2.82. The predicted molar refractivity (Wildman–Crippen MR) is 71.4 cm³/mol. The van der Waals surface area contributed by atoms with Crippen LogP contribution in [0.2, 0.25) is 0 Å². The fraction of sp³-hybridized carbons (Fsp3) is 0.188. The van der Waals surface area contributed by atoms with Gasteiger partial charge in [0.05, 0.1) is 11.6 Å². The van der Waals surface area contributed by atoms with Gasteiger partial charge in [0.25, 0.3) is 0 Å². The van der Waals surface area contributed by atoms with Crippen molar-refractivity contribution in [2.45, 2.75) is 20.5 Å². The molecular weight excluding hydrogens is 222 g/mol. The summed E-state index contributed by atoms with van der Waals surface area (Å²) in [5.74, 6) is 0.916. The zero-order chi connectivity index (χ0) is 13.0. The molecule has 0 radical (unpaired) electrons. The van der Waals surface area contributed by atoms with Crippen LogP contribution in [0.3, 0.4) is 0 Å². The second kappa shape index (κ2) is 5.37. The van der Waals surface area contributed by atoms with Crippen molar-refractivity contribution >= 4 is 0 Å². The average Bonchev–Trinajstić information content (AvgIpc) is 2.40. The Hall–Kier alpha value is -2.27. The van der Waals surface area contributed by atoms with Crippen LogP contribution in [0, 0.1) is 25.2 Å². The van der Waals surface area contributed by atoms with E-state index in [-0.39, 0.29) is 0 Å². The summed E-state index contributed by atoms with van der Waals surface area (Å²) in [4.78, 5) is 0. The maximum Gasteiger partial charge on any atom is 0.122 e. The van der Waals surface area contributed by atoms with Crippen molar-refractivity contribution < 1.29 is 4.74 Å². The van der Waals surface area contributed by atoms with Crippen LogP contribution >= 0.6 is 0 Å². The number of rotatable bonds is 3. The van der Waals surface area contributed by atoms with Gasteiger partial charge in [-0.2, -0.15) is 5.26 Å². The van der Waals surface area contributed by atoms with Gasteiger partial charge in [-0.15, -0.1) is 0 Å². The SMILES string of the molecule is Cc1ccc(C)c(OCc2ccc(C#N)cc2)c1. The maximum atomic E-state index is 8.72. The molecule has 0 bridgehead atoms. The van der Waals surface area contributed by atoms with E-state index in [0.717, 1.165) is 16.9 Å². The van der Waals surface area contributed by atoms with E-state index in [1.165, 1.54) is 5.56 Å². The van der Waals surface area contributed by atoms with E-state index in [4.69, 9.17) is 10.00 Å². The molecule has 0 fully saturated rings. The second-order valence-corrected chi connectivity index (χ2v) is 4.37. The van der Waals surface area contributed by atoms with Crippen LogP contribution in [0.5, 0.6) is 5.75 Å². The van der Waals surface area contributed by atoms with Gasteiger partial charge in [-0.25, -0.2) is 0 Å². The van der Waals surface area contributed by atoms with E-state index in [0.29, 0.717) is 12.2 Å². The number of nitrogens with zero attached hydrogens (tertiary/aromatic N) is 1. The van der Waals surface area contributed by atoms with E-state index in [1.54, 1.807) is 0 Å². The van der Waals surface area contributed by atoms with Crippen molar-refractivity contribution in [1.82, 2.24) is 0 Å².